The number of nitrogens with one attached hydrogen (secondary N) is 1. The van der Waals surface area contributed by atoms with E-state index in [-0.39, 0.29) is 24.0 Å². The first kappa shape index (κ1) is 21.1. The van der Waals surface area contributed by atoms with Gasteiger partial charge in [0.25, 0.3) is 5.91 Å². The largest absolute Gasteiger partial charge is 0.492 e. The second kappa shape index (κ2) is 10.2. The zero-order valence-corrected chi connectivity index (χ0v) is 16.8. The fraction of sp³-hybridized carbons (Fsp3) is 0.350. The van der Waals surface area contributed by atoms with E-state index in [1.807, 2.05) is 18.2 Å². The highest BCUT2D eigenvalue weighted by Crippen LogP contribution is 2.20. The van der Waals surface area contributed by atoms with Crippen molar-refractivity contribution in [1.82, 2.24) is 9.62 Å². The molecule has 156 valence electrons. The van der Waals surface area contributed by atoms with Crippen LogP contribution in [0, 0.1) is 0 Å². The number of hydrogen-bond donors (Lipinski definition) is 1. The van der Waals surface area contributed by atoms with Crippen molar-refractivity contribution >= 4 is 15.9 Å². The molecule has 0 saturated carbocycles. The molecule has 1 N–H and O–H groups in total. The molecule has 2 aromatic rings. The van der Waals surface area contributed by atoms with Gasteiger partial charge in [0.05, 0.1) is 24.7 Å². The van der Waals surface area contributed by atoms with Crippen molar-refractivity contribution in [2.75, 3.05) is 46.1 Å². The zero-order valence-electron chi connectivity index (χ0n) is 16.0. The minimum atomic E-state index is -3.52. The highest BCUT2D eigenvalue weighted by Gasteiger charge is 2.26. The highest BCUT2D eigenvalue weighted by molar-refractivity contribution is 7.89. The van der Waals surface area contributed by atoms with E-state index in [0.717, 1.165) is 0 Å². The summed E-state index contributed by atoms with van der Waals surface area (Å²) in [7, 11) is -3.52. The van der Waals surface area contributed by atoms with Gasteiger partial charge >= 0.3 is 0 Å². The number of sulfonamides is 1. The highest BCUT2D eigenvalue weighted by atomic mass is 32.2. The Labute approximate surface area is 170 Å². The smallest absolute Gasteiger partial charge is 0.258 e. The van der Waals surface area contributed by atoms with Gasteiger partial charge in [0.1, 0.15) is 18.1 Å². The van der Waals surface area contributed by atoms with E-state index in [0.29, 0.717) is 44.3 Å². The second-order valence-electron chi connectivity index (χ2n) is 6.29. The summed E-state index contributed by atoms with van der Waals surface area (Å²) in [6.45, 7) is 2.02. The average Bonchev–Trinajstić information content (AvgIpc) is 2.77. The summed E-state index contributed by atoms with van der Waals surface area (Å²) in [4.78, 5) is 12.0. The molecule has 8 nitrogen and oxygen atoms in total. The lowest BCUT2D eigenvalue weighted by atomic mass is 10.3. The third kappa shape index (κ3) is 6.18. The number of hydrogen-bond acceptors (Lipinski definition) is 6. The Morgan fingerprint density at radius 1 is 0.966 bits per heavy atom. The van der Waals surface area contributed by atoms with E-state index in [4.69, 9.17) is 14.2 Å². The minimum Gasteiger partial charge on any atom is -0.492 e. The number of morpholine rings is 1. The van der Waals surface area contributed by atoms with Crippen molar-refractivity contribution < 1.29 is 27.4 Å². The molecule has 1 aliphatic rings. The molecule has 0 radical (unpaired) electrons. The van der Waals surface area contributed by atoms with Crippen LogP contribution in [-0.4, -0.2) is 64.7 Å². The van der Waals surface area contributed by atoms with Crippen molar-refractivity contribution in [3.8, 4) is 11.5 Å². The van der Waals surface area contributed by atoms with Crippen LogP contribution in [0.15, 0.2) is 59.5 Å². The first-order chi connectivity index (χ1) is 14.1. The lowest BCUT2D eigenvalue weighted by molar-refractivity contribution is -0.123. The molecule has 1 saturated heterocycles. The van der Waals surface area contributed by atoms with Gasteiger partial charge in [0.2, 0.25) is 10.0 Å². The monoisotopic (exact) mass is 420 g/mol. The third-order valence-electron chi connectivity index (χ3n) is 4.24. The number of para-hydroxylation sites is 1. The van der Waals surface area contributed by atoms with Gasteiger partial charge in [-0.05, 0) is 36.4 Å². The Kier molecular flexibility index (Phi) is 7.45. The summed E-state index contributed by atoms with van der Waals surface area (Å²) in [5.74, 6) is 0.913. The molecule has 1 heterocycles. The molecular weight excluding hydrogens is 396 g/mol. The van der Waals surface area contributed by atoms with Gasteiger partial charge in [-0.25, -0.2) is 8.42 Å². The predicted octanol–water partition coefficient (Wildman–Crippen LogP) is 1.28. The summed E-state index contributed by atoms with van der Waals surface area (Å²) in [6, 6.07) is 15.3. The number of nitrogens with zero attached hydrogens (tertiary/aromatic N) is 1. The van der Waals surface area contributed by atoms with Gasteiger partial charge in [0.15, 0.2) is 6.61 Å². The lowest BCUT2D eigenvalue weighted by Crippen LogP contribution is -2.40. The van der Waals surface area contributed by atoms with Crippen molar-refractivity contribution in [2.45, 2.75) is 4.90 Å². The van der Waals surface area contributed by atoms with Gasteiger partial charge in [-0.1, -0.05) is 18.2 Å². The first-order valence-corrected chi connectivity index (χ1v) is 10.7. The second-order valence-corrected chi connectivity index (χ2v) is 8.23. The van der Waals surface area contributed by atoms with Crippen LogP contribution in [-0.2, 0) is 19.6 Å². The van der Waals surface area contributed by atoms with E-state index in [9.17, 15) is 13.2 Å². The minimum absolute atomic E-state index is 0.0713. The quantitative estimate of drug-likeness (QED) is 0.615. The molecule has 3 rings (SSSR count). The van der Waals surface area contributed by atoms with E-state index in [1.165, 1.54) is 16.4 Å². The Bertz CT molecular complexity index is 881. The first-order valence-electron chi connectivity index (χ1n) is 9.31. The lowest BCUT2D eigenvalue weighted by Gasteiger charge is -2.26. The van der Waals surface area contributed by atoms with Crippen LogP contribution in [0.3, 0.4) is 0 Å². The number of ether oxygens (including phenoxy) is 3. The molecule has 1 aliphatic heterocycles. The maximum absolute atomic E-state index is 12.6. The van der Waals surface area contributed by atoms with E-state index in [1.54, 1.807) is 24.3 Å². The SMILES string of the molecule is O=C(COc1ccccc1)NCCOc1ccc(S(=O)(=O)N2CCOCC2)cc1. The molecule has 2 aromatic carbocycles. The summed E-state index contributed by atoms with van der Waals surface area (Å²) in [6.07, 6.45) is 0. The van der Waals surface area contributed by atoms with Crippen LogP contribution in [0.4, 0.5) is 0 Å². The number of benzene rings is 2. The van der Waals surface area contributed by atoms with Crippen molar-refractivity contribution in [2.24, 2.45) is 0 Å². The van der Waals surface area contributed by atoms with Gasteiger partial charge in [-0.3, -0.25) is 4.79 Å². The van der Waals surface area contributed by atoms with Crippen LogP contribution in [0.25, 0.3) is 0 Å². The van der Waals surface area contributed by atoms with Gasteiger partial charge in [-0.15, -0.1) is 0 Å². The number of amides is 1. The van der Waals surface area contributed by atoms with Gasteiger partial charge < -0.3 is 19.5 Å². The summed E-state index contributed by atoms with van der Waals surface area (Å²) < 4.78 is 42.7. The van der Waals surface area contributed by atoms with E-state index >= 15 is 0 Å². The standard InChI is InChI=1S/C20H24N2O6S/c23-20(16-28-17-4-2-1-3-5-17)21-10-13-27-18-6-8-19(9-7-18)29(24,25)22-11-14-26-15-12-22/h1-9H,10-16H2,(H,21,23). The number of carbonyl (C=O) groups is 1. The molecule has 0 bridgehead atoms. The Balaban J connectivity index is 1.39. The molecule has 1 amide bonds. The van der Waals surface area contributed by atoms with Crippen molar-refractivity contribution in [3.63, 3.8) is 0 Å². The van der Waals surface area contributed by atoms with Crippen LogP contribution in [0.5, 0.6) is 11.5 Å². The average molecular weight is 420 g/mol. The molecule has 0 aromatic heterocycles. The molecule has 1 fully saturated rings. The molecule has 0 spiro atoms. The van der Waals surface area contributed by atoms with E-state index < -0.39 is 10.0 Å². The molecule has 9 heteroatoms. The molecular formula is C20H24N2O6S. The number of rotatable bonds is 9. The Hall–Kier alpha value is -2.62. The number of carbonyl (C=O) groups excluding carboxylic acids is 1. The van der Waals surface area contributed by atoms with Crippen molar-refractivity contribution in [3.05, 3.63) is 54.6 Å². The Morgan fingerprint density at radius 3 is 2.31 bits per heavy atom. The summed E-state index contributed by atoms with van der Waals surface area (Å²) >= 11 is 0. The van der Waals surface area contributed by atoms with Crippen molar-refractivity contribution in [1.29, 1.82) is 0 Å². The molecule has 0 atom stereocenters. The topological polar surface area (TPSA) is 94.2 Å². The fourth-order valence-electron chi connectivity index (χ4n) is 2.72. The normalized spacial score (nSPS) is 14.9. The third-order valence-corrected chi connectivity index (χ3v) is 6.15. The summed E-state index contributed by atoms with van der Waals surface area (Å²) in [5.41, 5.74) is 0. The summed E-state index contributed by atoms with van der Waals surface area (Å²) in [5, 5.41) is 2.70. The van der Waals surface area contributed by atoms with Crippen LogP contribution >= 0.6 is 0 Å². The van der Waals surface area contributed by atoms with Gasteiger partial charge in [0, 0.05) is 13.1 Å². The van der Waals surface area contributed by atoms with E-state index in [2.05, 4.69) is 5.32 Å². The van der Waals surface area contributed by atoms with Gasteiger partial charge in [-0.2, -0.15) is 4.31 Å². The van der Waals surface area contributed by atoms with Crippen LogP contribution < -0.4 is 14.8 Å². The predicted molar refractivity (Wildman–Crippen MR) is 106 cm³/mol. The maximum atomic E-state index is 12.6. The molecule has 0 unspecified atom stereocenters. The molecule has 29 heavy (non-hydrogen) atoms. The van der Waals surface area contributed by atoms with Crippen LogP contribution in [0.2, 0.25) is 0 Å². The zero-order chi connectivity index (χ0) is 20.5. The Morgan fingerprint density at radius 2 is 1.62 bits per heavy atom. The maximum Gasteiger partial charge on any atom is 0.258 e. The molecule has 0 aliphatic carbocycles. The fourth-order valence-corrected chi connectivity index (χ4v) is 4.13. The van der Waals surface area contributed by atoms with Crippen LogP contribution in [0.1, 0.15) is 0 Å².